The van der Waals surface area contributed by atoms with Gasteiger partial charge in [-0.25, -0.2) is 0 Å². The third-order valence-corrected chi connectivity index (χ3v) is 5.76. The molecular formula is C19H27ClN2O2. The predicted molar refractivity (Wildman–Crippen MR) is 97.0 cm³/mol. The third-order valence-electron chi connectivity index (χ3n) is 5.45. The highest BCUT2D eigenvalue weighted by molar-refractivity contribution is 6.32. The highest BCUT2D eigenvalue weighted by Crippen LogP contribution is 2.34. The molecule has 4 nitrogen and oxygen atoms in total. The second-order valence-corrected chi connectivity index (χ2v) is 7.31. The molecular weight excluding hydrogens is 324 g/mol. The Bertz CT molecular complexity index is 552. The predicted octanol–water partition coefficient (Wildman–Crippen LogP) is 3.07. The Labute approximate surface area is 149 Å². The van der Waals surface area contributed by atoms with Crippen LogP contribution in [0.3, 0.4) is 0 Å². The minimum Gasteiger partial charge on any atom is -0.492 e. The largest absolute Gasteiger partial charge is 0.492 e. The van der Waals surface area contributed by atoms with Crippen LogP contribution in [0.4, 0.5) is 0 Å². The second-order valence-electron chi connectivity index (χ2n) is 6.90. The van der Waals surface area contributed by atoms with Gasteiger partial charge in [-0.15, -0.1) is 0 Å². The van der Waals surface area contributed by atoms with Crippen LogP contribution in [0.25, 0.3) is 0 Å². The first kappa shape index (κ1) is 17.7. The van der Waals surface area contributed by atoms with E-state index in [2.05, 4.69) is 10.2 Å². The number of nitrogens with zero attached hydrogens (tertiary/aromatic N) is 1. The lowest BCUT2D eigenvalue weighted by Gasteiger charge is -2.45. The van der Waals surface area contributed by atoms with E-state index in [9.17, 15) is 4.79 Å². The van der Waals surface area contributed by atoms with E-state index in [0.29, 0.717) is 23.8 Å². The zero-order valence-corrected chi connectivity index (χ0v) is 15.0. The average molecular weight is 351 g/mol. The number of benzene rings is 1. The standard InChI is InChI=1S/C19H27ClN2O2/c20-17-4-3-16(5-13-23)15-18(17)24-14-8-19(6-9-21-10-7-19)22-11-1-2-12-22/h3-4,13,15,21H,1-2,5-12,14H2. The van der Waals surface area contributed by atoms with Crippen molar-refractivity contribution in [3.63, 3.8) is 0 Å². The van der Waals surface area contributed by atoms with Crippen LogP contribution in [0, 0.1) is 0 Å². The Hall–Kier alpha value is -1.10. The fourth-order valence-electron chi connectivity index (χ4n) is 4.04. The molecule has 24 heavy (non-hydrogen) atoms. The van der Waals surface area contributed by atoms with Gasteiger partial charge in [-0.1, -0.05) is 17.7 Å². The van der Waals surface area contributed by atoms with Crippen molar-refractivity contribution in [1.29, 1.82) is 0 Å². The summed E-state index contributed by atoms with van der Waals surface area (Å²) in [5, 5.41) is 4.10. The van der Waals surface area contributed by atoms with Gasteiger partial charge in [0.25, 0.3) is 0 Å². The third kappa shape index (κ3) is 4.11. The molecule has 0 radical (unpaired) electrons. The quantitative estimate of drug-likeness (QED) is 0.767. The highest BCUT2D eigenvalue weighted by Gasteiger charge is 2.38. The van der Waals surface area contributed by atoms with Crippen LogP contribution in [-0.2, 0) is 11.2 Å². The summed E-state index contributed by atoms with van der Waals surface area (Å²) in [7, 11) is 0. The van der Waals surface area contributed by atoms with Crippen molar-refractivity contribution in [2.24, 2.45) is 0 Å². The monoisotopic (exact) mass is 350 g/mol. The van der Waals surface area contributed by atoms with Crippen LogP contribution in [0.1, 0.15) is 37.7 Å². The van der Waals surface area contributed by atoms with Crippen molar-refractivity contribution in [2.45, 2.75) is 44.1 Å². The number of carbonyl (C=O) groups excluding carboxylic acids is 1. The van der Waals surface area contributed by atoms with Gasteiger partial charge in [-0.3, -0.25) is 4.90 Å². The molecule has 0 bridgehead atoms. The minimum absolute atomic E-state index is 0.272. The molecule has 1 N–H and O–H groups in total. The van der Waals surface area contributed by atoms with Crippen LogP contribution < -0.4 is 10.1 Å². The second kappa shape index (κ2) is 8.32. The smallest absolute Gasteiger partial charge is 0.138 e. The van der Waals surface area contributed by atoms with Crippen LogP contribution in [0.2, 0.25) is 5.02 Å². The van der Waals surface area contributed by atoms with E-state index in [1.54, 1.807) is 0 Å². The summed E-state index contributed by atoms with van der Waals surface area (Å²) in [5.41, 5.74) is 1.22. The number of carbonyl (C=O) groups is 1. The van der Waals surface area contributed by atoms with Crippen LogP contribution in [0.15, 0.2) is 18.2 Å². The molecule has 0 saturated carbocycles. The van der Waals surface area contributed by atoms with E-state index >= 15 is 0 Å². The summed E-state index contributed by atoms with van der Waals surface area (Å²) < 4.78 is 6.02. The van der Waals surface area contributed by atoms with E-state index < -0.39 is 0 Å². The Balaban J connectivity index is 1.63. The molecule has 1 aromatic carbocycles. The maximum absolute atomic E-state index is 10.7. The number of hydrogen-bond donors (Lipinski definition) is 1. The molecule has 5 heteroatoms. The maximum atomic E-state index is 10.7. The zero-order chi connectivity index (χ0) is 16.8. The summed E-state index contributed by atoms with van der Waals surface area (Å²) in [4.78, 5) is 13.4. The van der Waals surface area contributed by atoms with Gasteiger partial charge in [0.1, 0.15) is 12.0 Å². The van der Waals surface area contributed by atoms with E-state index in [0.717, 1.165) is 31.4 Å². The molecule has 2 heterocycles. The zero-order valence-electron chi connectivity index (χ0n) is 14.2. The van der Waals surface area contributed by atoms with Gasteiger partial charge in [0.05, 0.1) is 11.6 Å². The van der Waals surface area contributed by atoms with Crippen LogP contribution >= 0.6 is 11.6 Å². The van der Waals surface area contributed by atoms with Crippen LogP contribution in [-0.4, -0.2) is 49.5 Å². The highest BCUT2D eigenvalue weighted by atomic mass is 35.5. The first-order valence-electron chi connectivity index (χ1n) is 9.04. The van der Waals surface area contributed by atoms with Gasteiger partial charge in [0.2, 0.25) is 0 Å². The number of ether oxygens (including phenoxy) is 1. The Morgan fingerprint density at radius 3 is 2.71 bits per heavy atom. The number of halogens is 1. The average Bonchev–Trinajstić information content (AvgIpc) is 3.14. The molecule has 2 aliphatic rings. The van der Waals surface area contributed by atoms with Crippen molar-refractivity contribution < 1.29 is 9.53 Å². The number of aldehydes is 1. The van der Waals surface area contributed by atoms with E-state index in [1.807, 2.05) is 18.2 Å². The number of hydrogen-bond acceptors (Lipinski definition) is 4. The van der Waals surface area contributed by atoms with Gasteiger partial charge in [0.15, 0.2) is 0 Å². The van der Waals surface area contributed by atoms with Crippen molar-refractivity contribution in [1.82, 2.24) is 10.2 Å². The van der Waals surface area contributed by atoms with Crippen molar-refractivity contribution in [3.8, 4) is 5.75 Å². The summed E-state index contributed by atoms with van der Waals surface area (Å²) in [5.74, 6) is 0.696. The minimum atomic E-state index is 0.272. The molecule has 1 aromatic rings. The maximum Gasteiger partial charge on any atom is 0.138 e. The van der Waals surface area contributed by atoms with E-state index in [-0.39, 0.29) is 5.54 Å². The van der Waals surface area contributed by atoms with Gasteiger partial charge in [0, 0.05) is 12.0 Å². The van der Waals surface area contributed by atoms with E-state index in [1.165, 1.54) is 38.8 Å². The Morgan fingerprint density at radius 1 is 1.25 bits per heavy atom. The normalized spacial score (nSPS) is 20.9. The molecule has 0 amide bonds. The first-order chi connectivity index (χ1) is 11.7. The Kier molecular flexibility index (Phi) is 6.14. The molecule has 2 aliphatic heterocycles. The van der Waals surface area contributed by atoms with Gasteiger partial charge < -0.3 is 14.8 Å². The lowest BCUT2D eigenvalue weighted by Crippen LogP contribution is -2.54. The number of nitrogens with one attached hydrogen (secondary N) is 1. The summed E-state index contributed by atoms with van der Waals surface area (Å²) >= 11 is 6.25. The SMILES string of the molecule is O=CCc1ccc(Cl)c(OCCC2(N3CCCC3)CCNCC2)c1. The molecule has 0 unspecified atom stereocenters. The fraction of sp³-hybridized carbons (Fsp3) is 0.632. The van der Waals surface area contributed by atoms with Crippen molar-refractivity contribution >= 4 is 17.9 Å². The molecule has 3 rings (SSSR count). The summed E-state index contributed by atoms with van der Waals surface area (Å²) in [6.45, 7) is 5.28. The summed E-state index contributed by atoms with van der Waals surface area (Å²) in [6, 6.07) is 5.58. The lowest BCUT2D eigenvalue weighted by molar-refractivity contribution is -0.107. The molecule has 2 fully saturated rings. The van der Waals surface area contributed by atoms with Crippen molar-refractivity contribution in [3.05, 3.63) is 28.8 Å². The topological polar surface area (TPSA) is 41.6 Å². The molecule has 0 aromatic heterocycles. The molecule has 0 atom stereocenters. The molecule has 0 aliphatic carbocycles. The van der Waals surface area contributed by atoms with Crippen molar-refractivity contribution in [2.75, 3.05) is 32.8 Å². The lowest BCUT2D eigenvalue weighted by atomic mass is 9.83. The van der Waals surface area contributed by atoms with Gasteiger partial charge in [-0.05, 0) is 76.0 Å². The number of piperidine rings is 1. The van der Waals surface area contributed by atoms with Gasteiger partial charge >= 0.3 is 0 Å². The van der Waals surface area contributed by atoms with E-state index in [4.69, 9.17) is 16.3 Å². The molecule has 0 spiro atoms. The number of likely N-dealkylation sites (tertiary alicyclic amines) is 1. The molecule has 2 saturated heterocycles. The van der Waals surface area contributed by atoms with Crippen LogP contribution in [0.5, 0.6) is 5.75 Å². The number of rotatable bonds is 7. The molecule has 132 valence electrons. The first-order valence-corrected chi connectivity index (χ1v) is 9.42. The van der Waals surface area contributed by atoms with Gasteiger partial charge in [-0.2, -0.15) is 0 Å². The fourth-order valence-corrected chi connectivity index (χ4v) is 4.21. The Morgan fingerprint density at radius 2 is 2.00 bits per heavy atom. The summed E-state index contributed by atoms with van der Waals surface area (Å²) in [6.07, 6.45) is 7.35.